The minimum absolute atomic E-state index is 0.290. The molecule has 0 bridgehead atoms. The average Bonchev–Trinajstić information content (AvgIpc) is 2.25. The Balaban J connectivity index is 2.10. The zero-order valence-electron chi connectivity index (χ0n) is 9.45. The molecule has 0 unspecified atom stereocenters. The van der Waals surface area contributed by atoms with Crippen LogP contribution in [0.25, 0.3) is 0 Å². The van der Waals surface area contributed by atoms with Crippen LogP contribution >= 0.6 is 0 Å². The molecule has 4 heteroatoms. The fourth-order valence-electron chi connectivity index (χ4n) is 1.25. The molecule has 0 aliphatic rings. The molecule has 1 aromatic rings. The van der Waals surface area contributed by atoms with Gasteiger partial charge in [0.1, 0.15) is 0 Å². The molecule has 0 spiro atoms. The molecule has 0 aromatic heterocycles. The predicted molar refractivity (Wildman–Crippen MR) is 61.1 cm³/mol. The van der Waals surface area contributed by atoms with Crippen LogP contribution in [-0.2, 0) is 0 Å². The van der Waals surface area contributed by atoms with Crippen molar-refractivity contribution < 1.29 is 14.2 Å². The highest BCUT2D eigenvalue weighted by Crippen LogP contribution is 2.15. The van der Waals surface area contributed by atoms with Gasteiger partial charge in [0.2, 0.25) is 0 Å². The molecule has 0 radical (unpaired) electrons. The molecule has 0 aliphatic heterocycles. The van der Waals surface area contributed by atoms with Gasteiger partial charge in [-0.05, 0) is 32.0 Å². The highest BCUT2D eigenvalue weighted by Gasteiger charge is 2.00. The van der Waals surface area contributed by atoms with Gasteiger partial charge >= 0.3 is 0 Å². The van der Waals surface area contributed by atoms with E-state index in [1.54, 1.807) is 25.1 Å². The zero-order valence-corrected chi connectivity index (χ0v) is 9.45. The summed E-state index contributed by atoms with van der Waals surface area (Å²) in [5, 5.41) is 12.0. The van der Waals surface area contributed by atoms with E-state index in [9.17, 15) is 4.39 Å². The average molecular weight is 227 g/mol. The molecule has 2 N–H and O–H groups in total. The Bertz CT molecular complexity index is 305. The van der Waals surface area contributed by atoms with Crippen molar-refractivity contribution in [2.24, 2.45) is 0 Å². The lowest BCUT2D eigenvalue weighted by Crippen LogP contribution is -2.26. The van der Waals surface area contributed by atoms with Gasteiger partial charge in [0.15, 0.2) is 11.6 Å². The highest BCUT2D eigenvalue weighted by atomic mass is 19.1. The monoisotopic (exact) mass is 227 g/mol. The van der Waals surface area contributed by atoms with Crippen LogP contribution in [0.2, 0.25) is 0 Å². The topological polar surface area (TPSA) is 41.5 Å². The van der Waals surface area contributed by atoms with Crippen molar-refractivity contribution >= 4 is 0 Å². The molecule has 3 nitrogen and oxygen atoms in total. The minimum atomic E-state index is -0.340. The Labute approximate surface area is 95.2 Å². The van der Waals surface area contributed by atoms with E-state index in [-0.39, 0.29) is 17.7 Å². The van der Waals surface area contributed by atoms with Gasteiger partial charge in [-0.3, -0.25) is 0 Å². The minimum Gasteiger partial charge on any atom is -0.490 e. The van der Waals surface area contributed by atoms with Gasteiger partial charge in [-0.1, -0.05) is 12.1 Å². The first-order valence-corrected chi connectivity index (χ1v) is 5.46. The third-order valence-corrected chi connectivity index (χ3v) is 2.03. The van der Waals surface area contributed by atoms with Crippen LogP contribution in [0.1, 0.15) is 13.3 Å². The lowest BCUT2D eigenvalue weighted by molar-refractivity contribution is 0.190. The molecule has 16 heavy (non-hydrogen) atoms. The largest absolute Gasteiger partial charge is 0.490 e. The first-order valence-electron chi connectivity index (χ1n) is 5.46. The number of aliphatic hydroxyl groups excluding tert-OH is 1. The standard InChI is InChI=1S/C12H18FNO2/c1-10(15)9-14-7-4-8-16-12-6-3-2-5-11(12)13/h2-3,5-6,10,14-15H,4,7-9H2,1H3/t10-/m0/s1. The third kappa shape index (κ3) is 5.09. The van der Waals surface area contributed by atoms with E-state index < -0.39 is 0 Å². The molecule has 1 aromatic carbocycles. The maximum atomic E-state index is 13.1. The van der Waals surface area contributed by atoms with Gasteiger partial charge < -0.3 is 15.2 Å². The quantitative estimate of drug-likeness (QED) is 0.695. The van der Waals surface area contributed by atoms with Crippen LogP contribution in [-0.4, -0.2) is 30.9 Å². The predicted octanol–water partition coefficient (Wildman–Crippen LogP) is 1.56. The summed E-state index contributed by atoms with van der Waals surface area (Å²) in [6, 6.07) is 6.36. The SMILES string of the molecule is C[C@H](O)CNCCCOc1ccccc1F. The van der Waals surface area contributed by atoms with Gasteiger partial charge in [0, 0.05) is 6.54 Å². The summed E-state index contributed by atoms with van der Waals surface area (Å²) in [4.78, 5) is 0. The van der Waals surface area contributed by atoms with Gasteiger partial charge in [0.25, 0.3) is 0 Å². The molecule has 0 saturated carbocycles. The maximum Gasteiger partial charge on any atom is 0.165 e. The first kappa shape index (κ1) is 12.9. The molecule has 0 amide bonds. The van der Waals surface area contributed by atoms with E-state index in [4.69, 9.17) is 9.84 Å². The number of benzene rings is 1. The number of halogens is 1. The fourth-order valence-corrected chi connectivity index (χ4v) is 1.25. The second kappa shape index (κ2) is 7.19. The smallest absolute Gasteiger partial charge is 0.165 e. The van der Waals surface area contributed by atoms with Crippen molar-refractivity contribution in [3.05, 3.63) is 30.1 Å². The van der Waals surface area contributed by atoms with Crippen LogP contribution in [0.4, 0.5) is 4.39 Å². The number of hydrogen-bond acceptors (Lipinski definition) is 3. The van der Waals surface area contributed by atoms with Crippen LogP contribution in [0.15, 0.2) is 24.3 Å². The Kier molecular flexibility index (Phi) is 5.82. The van der Waals surface area contributed by atoms with E-state index in [1.807, 2.05) is 0 Å². The first-order chi connectivity index (χ1) is 7.70. The summed E-state index contributed by atoms with van der Waals surface area (Å²) in [7, 11) is 0. The zero-order chi connectivity index (χ0) is 11.8. The van der Waals surface area contributed by atoms with Gasteiger partial charge in [-0.25, -0.2) is 4.39 Å². The van der Waals surface area contributed by atoms with Crippen molar-refractivity contribution in [3.63, 3.8) is 0 Å². The molecule has 0 heterocycles. The Morgan fingerprint density at radius 1 is 1.44 bits per heavy atom. The molecule has 1 atom stereocenters. The second-order valence-corrected chi connectivity index (χ2v) is 3.69. The Morgan fingerprint density at radius 2 is 2.19 bits per heavy atom. The van der Waals surface area contributed by atoms with Crippen LogP contribution in [0, 0.1) is 5.82 Å². The molecule has 0 aliphatic carbocycles. The lowest BCUT2D eigenvalue weighted by atomic mass is 10.3. The van der Waals surface area contributed by atoms with Crippen LogP contribution in [0.3, 0.4) is 0 Å². The van der Waals surface area contributed by atoms with E-state index in [2.05, 4.69) is 5.32 Å². The number of rotatable bonds is 7. The number of nitrogens with one attached hydrogen (secondary N) is 1. The number of hydrogen-bond donors (Lipinski definition) is 2. The number of para-hydroxylation sites is 1. The van der Waals surface area contributed by atoms with E-state index in [0.29, 0.717) is 13.2 Å². The van der Waals surface area contributed by atoms with Gasteiger partial charge in [0.05, 0.1) is 12.7 Å². The van der Waals surface area contributed by atoms with Gasteiger partial charge in [-0.2, -0.15) is 0 Å². The molecule has 1 rings (SSSR count). The Morgan fingerprint density at radius 3 is 2.88 bits per heavy atom. The maximum absolute atomic E-state index is 13.1. The van der Waals surface area contributed by atoms with Crippen molar-refractivity contribution in [1.82, 2.24) is 5.32 Å². The van der Waals surface area contributed by atoms with Crippen molar-refractivity contribution in [2.45, 2.75) is 19.4 Å². The van der Waals surface area contributed by atoms with Crippen LogP contribution in [0.5, 0.6) is 5.75 Å². The second-order valence-electron chi connectivity index (χ2n) is 3.69. The lowest BCUT2D eigenvalue weighted by Gasteiger charge is -2.08. The highest BCUT2D eigenvalue weighted by molar-refractivity contribution is 5.23. The third-order valence-electron chi connectivity index (χ3n) is 2.03. The van der Waals surface area contributed by atoms with Gasteiger partial charge in [-0.15, -0.1) is 0 Å². The van der Waals surface area contributed by atoms with Crippen LogP contribution < -0.4 is 10.1 Å². The number of ether oxygens (including phenoxy) is 1. The molecule has 0 fully saturated rings. The summed E-state index contributed by atoms with van der Waals surface area (Å²) in [5.74, 6) is -0.0440. The summed E-state index contributed by atoms with van der Waals surface area (Å²) in [5.41, 5.74) is 0. The number of aliphatic hydroxyl groups is 1. The van der Waals surface area contributed by atoms with Crippen molar-refractivity contribution in [2.75, 3.05) is 19.7 Å². The van der Waals surface area contributed by atoms with E-state index in [1.165, 1.54) is 6.07 Å². The van der Waals surface area contributed by atoms with Crippen molar-refractivity contribution in [3.8, 4) is 5.75 Å². The summed E-state index contributed by atoms with van der Waals surface area (Å²) < 4.78 is 18.4. The fraction of sp³-hybridized carbons (Fsp3) is 0.500. The summed E-state index contributed by atoms with van der Waals surface area (Å²) in [6.45, 7) is 3.51. The van der Waals surface area contributed by atoms with Crippen molar-refractivity contribution in [1.29, 1.82) is 0 Å². The Hall–Kier alpha value is -1.13. The normalized spacial score (nSPS) is 12.4. The molecular weight excluding hydrogens is 209 g/mol. The summed E-state index contributed by atoms with van der Waals surface area (Å²) >= 11 is 0. The molecule has 90 valence electrons. The van der Waals surface area contributed by atoms with E-state index in [0.717, 1.165) is 13.0 Å². The molecule has 0 saturated heterocycles. The summed E-state index contributed by atoms with van der Waals surface area (Å²) in [6.07, 6.45) is 0.439. The molecular formula is C12H18FNO2. The van der Waals surface area contributed by atoms with E-state index >= 15 is 0 Å².